The maximum atomic E-state index is 10.8. The smallest absolute Gasteiger partial charge is 0.273 e. The van der Waals surface area contributed by atoms with Gasteiger partial charge in [0.25, 0.3) is 5.69 Å². The number of hydrogen-bond acceptors (Lipinski definition) is 5. The Balaban J connectivity index is 1.96. The first-order valence-electron chi connectivity index (χ1n) is 6.26. The number of non-ortho nitro benzene ring substituents is 1. The van der Waals surface area contributed by atoms with Crippen LogP contribution in [0, 0.1) is 16.0 Å². The quantitative estimate of drug-likeness (QED) is 0.627. The van der Waals surface area contributed by atoms with Crippen LogP contribution in [0.5, 0.6) is 5.75 Å². The van der Waals surface area contributed by atoms with Crippen LogP contribution in [0.15, 0.2) is 18.2 Å². The first-order valence-corrected chi connectivity index (χ1v) is 6.26. The highest BCUT2D eigenvalue weighted by molar-refractivity contribution is 5.42. The number of methoxy groups -OCH3 is 1. The number of nitrogens with two attached hydrogens (primary N) is 1. The van der Waals surface area contributed by atoms with Gasteiger partial charge in [0, 0.05) is 6.07 Å². The first kappa shape index (κ1) is 13.8. The van der Waals surface area contributed by atoms with E-state index in [1.54, 1.807) is 6.07 Å². The summed E-state index contributed by atoms with van der Waals surface area (Å²) in [6, 6.07) is 4.67. The standard InChI is InChI=1S/C13H18N2O4/c1-18-12-5-10(2-11(6-12)15(16)17)8-19-13-3-9(4-13)7-14/h2,5-6,9,13H,3-4,7-8,14H2,1H3. The Hall–Kier alpha value is -1.66. The molecule has 0 radical (unpaired) electrons. The molecule has 6 heteroatoms. The van der Waals surface area contributed by atoms with Gasteiger partial charge in [-0.2, -0.15) is 0 Å². The molecule has 2 rings (SSSR count). The summed E-state index contributed by atoms with van der Waals surface area (Å²) in [7, 11) is 1.49. The van der Waals surface area contributed by atoms with E-state index < -0.39 is 4.92 Å². The van der Waals surface area contributed by atoms with Gasteiger partial charge in [0.05, 0.1) is 30.8 Å². The van der Waals surface area contributed by atoms with Gasteiger partial charge in [-0.15, -0.1) is 0 Å². The zero-order valence-corrected chi connectivity index (χ0v) is 10.9. The second-order valence-electron chi connectivity index (χ2n) is 4.80. The Morgan fingerprint density at radius 2 is 2.16 bits per heavy atom. The highest BCUT2D eigenvalue weighted by Gasteiger charge is 2.28. The molecule has 0 unspecified atom stereocenters. The molecule has 0 heterocycles. The SMILES string of the molecule is COc1cc(COC2CC(CN)C2)cc([N+](=O)[O-])c1. The van der Waals surface area contributed by atoms with E-state index in [2.05, 4.69) is 0 Å². The highest BCUT2D eigenvalue weighted by Crippen LogP contribution is 2.30. The topological polar surface area (TPSA) is 87.6 Å². The fourth-order valence-electron chi connectivity index (χ4n) is 2.17. The lowest BCUT2D eigenvalue weighted by molar-refractivity contribution is -0.385. The molecule has 0 atom stereocenters. The molecule has 0 aliphatic heterocycles. The summed E-state index contributed by atoms with van der Waals surface area (Å²) >= 11 is 0. The fourth-order valence-corrected chi connectivity index (χ4v) is 2.17. The second-order valence-corrected chi connectivity index (χ2v) is 4.80. The number of nitrogens with zero attached hydrogens (tertiary/aromatic N) is 1. The van der Waals surface area contributed by atoms with Crippen molar-refractivity contribution in [2.45, 2.75) is 25.6 Å². The third-order valence-corrected chi connectivity index (χ3v) is 3.41. The summed E-state index contributed by atoms with van der Waals surface area (Å²) in [6.07, 6.45) is 2.17. The molecular weight excluding hydrogens is 248 g/mol. The monoisotopic (exact) mass is 266 g/mol. The minimum Gasteiger partial charge on any atom is -0.496 e. The van der Waals surface area contributed by atoms with Crippen molar-refractivity contribution in [3.63, 3.8) is 0 Å². The van der Waals surface area contributed by atoms with Crippen LogP contribution in [-0.2, 0) is 11.3 Å². The van der Waals surface area contributed by atoms with Gasteiger partial charge in [0.2, 0.25) is 0 Å². The van der Waals surface area contributed by atoms with Gasteiger partial charge >= 0.3 is 0 Å². The van der Waals surface area contributed by atoms with Crippen LogP contribution in [0.25, 0.3) is 0 Å². The molecule has 6 nitrogen and oxygen atoms in total. The van der Waals surface area contributed by atoms with Crippen molar-refractivity contribution in [1.82, 2.24) is 0 Å². The predicted molar refractivity (Wildman–Crippen MR) is 70.0 cm³/mol. The molecule has 104 valence electrons. The maximum Gasteiger partial charge on any atom is 0.273 e. The molecule has 0 saturated heterocycles. The lowest BCUT2D eigenvalue weighted by Crippen LogP contribution is -2.35. The Morgan fingerprint density at radius 3 is 2.74 bits per heavy atom. The summed E-state index contributed by atoms with van der Waals surface area (Å²) in [5.41, 5.74) is 6.32. The number of nitro benzene ring substituents is 1. The zero-order valence-electron chi connectivity index (χ0n) is 10.9. The van der Waals surface area contributed by atoms with E-state index in [9.17, 15) is 10.1 Å². The summed E-state index contributed by atoms with van der Waals surface area (Å²) < 4.78 is 10.7. The molecule has 1 aliphatic rings. The summed E-state index contributed by atoms with van der Waals surface area (Å²) in [5.74, 6) is 1.03. The summed E-state index contributed by atoms with van der Waals surface area (Å²) in [6.45, 7) is 1.06. The molecule has 1 aromatic carbocycles. The van der Waals surface area contributed by atoms with Crippen molar-refractivity contribution < 1.29 is 14.4 Å². The Kier molecular flexibility index (Phi) is 4.34. The zero-order chi connectivity index (χ0) is 13.8. The highest BCUT2D eigenvalue weighted by atomic mass is 16.6. The van der Waals surface area contributed by atoms with Crippen molar-refractivity contribution in [2.75, 3.05) is 13.7 Å². The van der Waals surface area contributed by atoms with Gasteiger partial charge in [-0.25, -0.2) is 0 Å². The average molecular weight is 266 g/mol. The third-order valence-electron chi connectivity index (χ3n) is 3.41. The molecule has 0 amide bonds. The Labute approximate surface area is 111 Å². The second kappa shape index (κ2) is 5.99. The lowest BCUT2D eigenvalue weighted by atomic mass is 9.82. The van der Waals surface area contributed by atoms with Crippen LogP contribution in [0.3, 0.4) is 0 Å². The van der Waals surface area contributed by atoms with E-state index in [0.29, 0.717) is 24.8 Å². The van der Waals surface area contributed by atoms with E-state index in [1.165, 1.54) is 19.2 Å². The number of benzene rings is 1. The molecular formula is C13H18N2O4. The number of nitro groups is 1. The average Bonchev–Trinajstić information content (AvgIpc) is 2.36. The summed E-state index contributed by atoms with van der Waals surface area (Å²) in [5, 5.41) is 10.8. The van der Waals surface area contributed by atoms with E-state index in [1.807, 2.05) is 0 Å². The van der Waals surface area contributed by atoms with Gasteiger partial charge < -0.3 is 15.2 Å². The first-order chi connectivity index (χ1) is 9.12. The Bertz CT molecular complexity index is 458. The van der Waals surface area contributed by atoms with Gasteiger partial charge in [0.15, 0.2) is 0 Å². The van der Waals surface area contributed by atoms with Crippen molar-refractivity contribution in [3.05, 3.63) is 33.9 Å². The predicted octanol–water partition coefficient (Wildman–Crippen LogP) is 1.86. The van der Waals surface area contributed by atoms with Crippen LogP contribution < -0.4 is 10.5 Å². The van der Waals surface area contributed by atoms with Gasteiger partial charge in [-0.05, 0) is 36.9 Å². The molecule has 0 spiro atoms. The summed E-state index contributed by atoms with van der Waals surface area (Å²) in [4.78, 5) is 10.4. The van der Waals surface area contributed by atoms with Gasteiger partial charge in [-0.1, -0.05) is 0 Å². The molecule has 2 N–H and O–H groups in total. The number of hydrogen-bond donors (Lipinski definition) is 1. The van der Waals surface area contributed by atoms with E-state index >= 15 is 0 Å². The minimum atomic E-state index is -0.431. The molecule has 0 aromatic heterocycles. The van der Waals surface area contributed by atoms with E-state index in [-0.39, 0.29) is 11.8 Å². The largest absolute Gasteiger partial charge is 0.496 e. The molecule has 1 aliphatic carbocycles. The molecule has 1 fully saturated rings. The molecule has 1 saturated carbocycles. The Morgan fingerprint density at radius 1 is 1.42 bits per heavy atom. The van der Waals surface area contributed by atoms with Crippen LogP contribution >= 0.6 is 0 Å². The van der Waals surface area contributed by atoms with E-state index in [4.69, 9.17) is 15.2 Å². The van der Waals surface area contributed by atoms with Crippen molar-refractivity contribution >= 4 is 5.69 Å². The maximum absolute atomic E-state index is 10.8. The molecule has 0 bridgehead atoms. The normalized spacial score (nSPS) is 21.8. The van der Waals surface area contributed by atoms with Crippen LogP contribution in [0.1, 0.15) is 18.4 Å². The fraction of sp³-hybridized carbons (Fsp3) is 0.538. The molecule has 19 heavy (non-hydrogen) atoms. The van der Waals surface area contributed by atoms with Crippen LogP contribution in [0.2, 0.25) is 0 Å². The number of rotatable bonds is 6. The third kappa shape index (κ3) is 3.42. The van der Waals surface area contributed by atoms with Crippen molar-refractivity contribution in [2.24, 2.45) is 11.7 Å². The number of ether oxygens (including phenoxy) is 2. The van der Waals surface area contributed by atoms with Crippen LogP contribution in [-0.4, -0.2) is 24.7 Å². The van der Waals surface area contributed by atoms with Gasteiger partial charge in [0.1, 0.15) is 5.75 Å². The van der Waals surface area contributed by atoms with Crippen LogP contribution in [0.4, 0.5) is 5.69 Å². The van der Waals surface area contributed by atoms with Crippen molar-refractivity contribution in [3.8, 4) is 5.75 Å². The van der Waals surface area contributed by atoms with E-state index in [0.717, 1.165) is 18.4 Å². The van der Waals surface area contributed by atoms with Gasteiger partial charge in [-0.3, -0.25) is 10.1 Å². The molecule has 1 aromatic rings. The van der Waals surface area contributed by atoms with Crippen molar-refractivity contribution in [1.29, 1.82) is 0 Å². The lowest BCUT2D eigenvalue weighted by Gasteiger charge is -2.34. The minimum absolute atomic E-state index is 0.0198.